The van der Waals surface area contributed by atoms with E-state index in [4.69, 9.17) is 0 Å². The molecule has 1 atom stereocenters. The molecule has 0 radical (unpaired) electrons. The summed E-state index contributed by atoms with van der Waals surface area (Å²) in [5, 5.41) is 0. The molecular weight excluding hydrogens is 196 g/mol. The van der Waals surface area contributed by atoms with Crippen LogP contribution in [0.1, 0.15) is 59.8 Å². The van der Waals surface area contributed by atoms with Gasteiger partial charge in [-0.25, -0.2) is 0 Å². The number of ketones is 1. The number of rotatable bonds is 4. The van der Waals surface area contributed by atoms with Gasteiger partial charge in [-0.15, -0.1) is 0 Å². The van der Waals surface area contributed by atoms with E-state index in [9.17, 15) is 4.79 Å². The molecule has 0 bridgehead atoms. The van der Waals surface area contributed by atoms with Crippen LogP contribution >= 0.6 is 0 Å². The molecule has 90 valence electrons. The molecule has 1 nitrogen and oxygen atoms in total. The van der Waals surface area contributed by atoms with Crippen molar-refractivity contribution < 1.29 is 4.79 Å². The van der Waals surface area contributed by atoms with E-state index < -0.39 is 0 Å². The minimum Gasteiger partial charge on any atom is -0.290 e. The Morgan fingerprint density at radius 2 is 2.12 bits per heavy atom. The summed E-state index contributed by atoms with van der Waals surface area (Å²) in [4.78, 5) is 12.2. The second-order valence-electron chi connectivity index (χ2n) is 5.10. The summed E-state index contributed by atoms with van der Waals surface area (Å²) in [6.45, 7) is 8.61. The zero-order valence-corrected chi connectivity index (χ0v) is 11.1. The smallest absolute Gasteiger partial charge is 0.181 e. The van der Waals surface area contributed by atoms with Gasteiger partial charge in [-0.2, -0.15) is 0 Å². The van der Waals surface area contributed by atoms with Crippen LogP contribution in [-0.4, -0.2) is 5.78 Å². The molecule has 1 unspecified atom stereocenters. The third-order valence-corrected chi connectivity index (χ3v) is 3.84. The summed E-state index contributed by atoms with van der Waals surface area (Å²) in [6, 6.07) is 0. The van der Waals surface area contributed by atoms with Crippen molar-refractivity contribution in [3.05, 3.63) is 23.3 Å². The van der Waals surface area contributed by atoms with E-state index in [0.717, 1.165) is 31.3 Å². The minimum absolute atomic E-state index is 0.109. The van der Waals surface area contributed by atoms with Crippen LogP contribution in [0.15, 0.2) is 23.3 Å². The lowest BCUT2D eigenvalue weighted by atomic mass is 9.68. The highest BCUT2D eigenvalue weighted by molar-refractivity contribution is 6.05. The van der Waals surface area contributed by atoms with Gasteiger partial charge in [0.05, 0.1) is 0 Å². The first-order valence-corrected chi connectivity index (χ1v) is 6.46. The van der Waals surface area contributed by atoms with E-state index >= 15 is 0 Å². The lowest BCUT2D eigenvalue weighted by molar-refractivity contribution is -0.112. The predicted octanol–water partition coefficient (Wildman–Crippen LogP) is 4.44. The van der Waals surface area contributed by atoms with Gasteiger partial charge in [-0.3, -0.25) is 4.79 Å². The van der Waals surface area contributed by atoms with Gasteiger partial charge in [0, 0.05) is 5.57 Å². The van der Waals surface area contributed by atoms with E-state index in [0.29, 0.717) is 0 Å². The third kappa shape index (κ3) is 2.63. The number of carbonyl (C=O) groups is 1. The Balaban J connectivity index is 3.04. The van der Waals surface area contributed by atoms with Crippen LogP contribution in [0.25, 0.3) is 0 Å². The van der Waals surface area contributed by atoms with Gasteiger partial charge < -0.3 is 0 Å². The Morgan fingerprint density at radius 1 is 1.44 bits per heavy atom. The van der Waals surface area contributed by atoms with E-state index in [-0.39, 0.29) is 11.2 Å². The number of hydrogen-bond acceptors (Lipinski definition) is 1. The van der Waals surface area contributed by atoms with Gasteiger partial charge in [-0.1, -0.05) is 32.4 Å². The molecule has 1 heteroatoms. The van der Waals surface area contributed by atoms with Crippen LogP contribution in [0.4, 0.5) is 0 Å². The molecule has 1 aliphatic rings. The molecule has 1 aliphatic carbocycles. The van der Waals surface area contributed by atoms with Crippen LogP contribution < -0.4 is 0 Å². The largest absolute Gasteiger partial charge is 0.290 e. The van der Waals surface area contributed by atoms with Crippen molar-refractivity contribution in [2.45, 2.75) is 59.8 Å². The summed E-state index contributed by atoms with van der Waals surface area (Å²) in [5.74, 6) is 0.239. The quantitative estimate of drug-likeness (QED) is 0.640. The van der Waals surface area contributed by atoms with Gasteiger partial charge >= 0.3 is 0 Å². The second-order valence-corrected chi connectivity index (χ2v) is 5.10. The van der Waals surface area contributed by atoms with Gasteiger partial charge in [0.25, 0.3) is 0 Å². The maximum absolute atomic E-state index is 12.2. The molecule has 0 N–H and O–H groups in total. The van der Waals surface area contributed by atoms with Gasteiger partial charge in [0.1, 0.15) is 0 Å². The Bertz CT molecular complexity index is 322. The summed E-state index contributed by atoms with van der Waals surface area (Å²) in [6.07, 6.45) is 9.20. The predicted molar refractivity (Wildman–Crippen MR) is 69.4 cm³/mol. The molecule has 0 heterocycles. The van der Waals surface area contributed by atoms with Crippen LogP contribution in [-0.2, 0) is 4.79 Å². The molecule has 0 aromatic heterocycles. The lowest BCUT2D eigenvalue weighted by Gasteiger charge is -2.35. The number of allylic oxidation sites excluding steroid dienone is 4. The van der Waals surface area contributed by atoms with Gasteiger partial charge in [0.2, 0.25) is 0 Å². The highest BCUT2D eigenvalue weighted by Crippen LogP contribution is 2.43. The van der Waals surface area contributed by atoms with Crippen molar-refractivity contribution in [1.29, 1.82) is 0 Å². The van der Waals surface area contributed by atoms with Crippen LogP contribution in [0.2, 0.25) is 0 Å². The number of carbonyl (C=O) groups excluding carboxylic acids is 1. The molecule has 0 aromatic carbocycles. The molecule has 0 aliphatic heterocycles. The van der Waals surface area contributed by atoms with Crippen molar-refractivity contribution >= 4 is 5.78 Å². The highest BCUT2D eigenvalue weighted by Gasteiger charge is 2.34. The van der Waals surface area contributed by atoms with E-state index in [1.54, 1.807) is 6.08 Å². The summed E-state index contributed by atoms with van der Waals surface area (Å²) >= 11 is 0. The normalized spacial score (nSPS) is 26.5. The molecule has 16 heavy (non-hydrogen) atoms. The monoisotopic (exact) mass is 220 g/mol. The van der Waals surface area contributed by atoms with Crippen molar-refractivity contribution in [3.8, 4) is 0 Å². The van der Waals surface area contributed by atoms with Gasteiger partial charge in [-0.05, 0) is 50.5 Å². The third-order valence-electron chi connectivity index (χ3n) is 3.84. The Hall–Kier alpha value is -0.850. The van der Waals surface area contributed by atoms with Crippen molar-refractivity contribution in [1.82, 2.24) is 0 Å². The van der Waals surface area contributed by atoms with Crippen molar-refractivity contribution in [3.63, 3.8) is 0 Å². The maximum atomic E-state index is 12.2. The zero-order chi connectivity index (χ0) is 12.2. The molecule has 0 amide bonds. The zero-order valence-electron chi connectivity index (χ0n) is 11.1. The first kappa shape index (κ1) is 13.2. The molecule has 0 saturated heterocycles. The van der Waals surface area contributed by atoms with Gasteiger partial charge in [0.15, 0.2) is 5.78 Å². The Morgan fingerprint density at radius 3 is 2.69 bits per heavy atom. The fraction of sp³-hybridized carbons (Fsp3) is 0.667. The summed E-state index contributed by atoms with van der Waals surface area (Å²) < 4.78 is 0. The average Bonchev–Trinajstić information content (AvgIpc) is 2.26. The average molecular weight is 220 g/mol. The minimum atomic E-state index is 0.109. The van der Waals surface area contributed by atoms with Crippen LogP contribution in [0, 0.1) is 5.41 Å². The highest BCUT2D eigenvalue weighted by atomic mass is 16.1. The lowest BCUT2D eigenvalue weighted by Crippen LogP contribution is -2.27. The fourth-order valence-electron chi connectivity index (χ4n) is 2.68. The number of hydrogen-bond donors (Lipinski definition) is 0. The Kier molecular flexibility index (Phi) is 4.52. The molecule has 1 rings (SSSR count). The topological polar surface area (TPSA) is 17.1 Å². The van der Waals surface area contributed by atoms with Crippen molar-refractivity contribution in [2.75, 3.05) is 0 Å². The Labute approximate surface area is 99.6 Å². The summed E-state index contributed by atoms with van der Waals surface area (Å²) in [7, 11) is 0. The van der Waals surface area contributed by atoms with Crippen LogP contribution in [0.3, 0.4) is 0 Å². The first-order valence-electron chi connectivity index (χ1n) is 6.46. The maximum Gasteiger partial charge on any atom is 0.181 e. The molecule has 0 fully saturated rings. The molecule has 0 spiro atoms. The van der Waals surface area contributed by atoms with E-state index in [1.807, 2.05) is 6.08 Å². The van der Waals surface area contributed by atoms with E-state index in [2.05, 4.69) is 27.7 Å². The van der Waals surface area contributed by atoms with Crippen molar-refractivity contribution in [2.24, 2.45) is 5.41 Å². The standard InChI is InChI=1S/C15H24O/c1-5-7-10-13(16)14-12(3)9-8-11-15(14,4)6-2/h7,10H,5-6,8-9,11H2,1-4H3/b10-7+. The SMILES string of the molecule is CC/C=C/C(=O)C1=C(C)CCCC1(C)CC. The molecule has 0 aromatic rings. The fourth-order valence-corrected chi connectivity index (χ4v) is 2.68. The van der Waals surface area contributed by atoms with E-state index in [1.165, 1.54) is 12.0 Å². The molecular formula is C15H24O. The molecule has 0 saturated carbocycles. The summed E-state index contributed by atoms with van der Waals surface area (Å²) in [5.41, 5.74) is 2.50. The first-order chi connectivity index (χ1) is 7.55. The van der Waals surface area contributed by atoms with Crippen LogP contribution in [0.5, 0.6) is 0 Å². The second kappa shape index (κ2) is 5.47.